The number of nitrogens with zero attached hydrogens (tertiary/aromatic N) is 9. The minimum Gasteiger partial charge on any atom is -0.368 e. The SMILES string of the molecule is CCC(CC)C(=O)N(C)c1ccc(N2CCN(C3c4ccccc4NC(=O)c4ccccc43)CC2)c(C#N)c1.Cc1noc(C)c1CC(=O)N(C)c1ccc(N2CCN(C3c4ccccc4NC(=O)c4ccccc43)CC2)c(C#N)c1. The first-order chi connectivity index (χ1) is 39.3. The van der Waals surface area contributed by atoms with E-state index in [2.05, 4.69) is 65.7 Å². The van der Waals surface area contributed by atoms with Gasteiger partial charge >= 0.3 is 0 Å². The number of carbonyl (C=O) groups is 4. The normalized spacial score (nSPS) is 16.8. The Bertz CT molecular complexity index is 3580. The Kier molecular flexibility index (Phi) is 16.4. The van der Waals surface area contributed by atoms with Gasteiger partial charge in [-0.05, 0) is 110 Å². The van der Waals surface area contributed by atoms with Crippen LogP contribution in [0.1, 0.15) is 110 Å². The molecule has 2 N–H and O–H groups in total. The average molecular weight is 1080 g/mol. The first kappa shape index (κ1) is 55.2. The quantitative estimate of drug-likeness (QED) is 0.125. The van der Waals surface area contributed by atoms with Gasteiger partial charge in [-0.2, -0.15) is 10.5 Å². The lowest BCUT2D eigenvalue weighted by Gasteiger charge is -2.41. The Hall–Kier alpha value is -9.09. The standard InChI is InChI=1S/C33H32N6O3.C32H35N5O2/c1-21-28(22(2)42-36-21)19-31(40)37(3)24-12-13-30(23(18-24)20-34)38-14-16-39(17-15-38)32-25-8-4-5-9-26(25)33(41)35-29-11-7-6-10-27(29)32;1-4-22(5-2)32(39)35(3)24-14-15-29(23(20-24)21-33)36-16-18-37(19-17-36)30-25-10-6-7-11-26(25)31(38)34-28-13-9-8-12-27(28)30/h4-13,18,32H,14-17,19H2,1-3H3,(H,35,41);6-15,20,22,30H,4-5,16-19H2,1-3H3,(H,34,38). The van der Waals surface area contributed by atoms with E-state index >= 15 is 0 Å². The van der Waals surface area contributed by atoms with Gasteiger partial charge < -0.3 is 34.8 Å². The number of hydrogen-bond acceptors (Lipinski definition) is 12. The smallest absolute Gasteiger partial charge is 0.256 e. The van der Waals surface area contributed by atoms with Crippen LogP contribution in [0.2, 0.25) is 0 Å². The molecule has 1 aromatic heterocycles. The number of piperazine rings is 2. The molecule has 2 unspecified atom stereocenters. The lowest BCUT2D eigenvalue weighted by Crippen LogP contribution is -2.48. The van der Waals surface area contributed by atoms with Crippen molar-refractivity contribution in [2.24, 2.45) is 5.92 Å². The molecule has 81 heavy (non-hydrogen) atoms. The number of aryl methyl sites for hydroxylation is 2. The van der Waals surface area contributed by atoms with Crippen molar-refractivity contribution in [1.29, 1.82) is 10.5 Å². The van der Waals surface area contributed by atoms with Crippen LogP contribution in [0.15, 0.2) is 138 Å². The molecule has 7 aromatic rings. The van der Waals surface area contributed by atoms with Gasteiger partial charge in [-0.1, -0.05) is 91.8 Å². The minimum absolute atomic E-state index is 0.0157. The fraction of sp³-hybridized carbons (Fsp3) is 0.308. The largest absolute Gasteiger partial charge is 0.368 e. The molecule has 0 bridgehead atoms. The third kappa shape index (κ3) is 11.1. The first-order valence-electron chi connectivity index (χ1n) is 27.8. The number of benzene rings is 6. The fourth-order valence-electron chi connectivity index (χ4n) is 11.9. The molecule has 6 aromatic carbocycles. The molecular formula is C65H67N11O5. The molecule has 2 fully saturated rings. The summed E-state index contributed by atoms with van der Waals surface area (Å²) in [5.74, 6) is 0.436. The highest BCUT2D eigenvalue weighted by Crippen LogP contribution is 2.41. The van der Waals surface area contributed by atoms with E-state index in [1.165, 1.54) is 0 Å². The molecule has 4 aliphatic heterocycles. The third-order valence-corrected chi connectivity index (χ3v) is 16.6. The van der Waals surface area contributed by atoms with Gasteiger partial charge in [0.2, 0.25) is 11.8 Å². The average Bonchev–Trinajstić information content (AvgIpc) is 3.78. The van der Waals surface area contributed by atoms with Crippen molar-refractivity contribution < 1.29 is 23.7 Å². The maximum absolute atomic E-state index is 13.0. The Morgan fingerprint density at radius 1 is 0.605 bits per heavy atom. The lowest BCUT2D eigenvalue weighted by atomic mass is 9.93. The second-order valence-corrected chi connectivity index (χ2v) is 21.1. The Morgan fingerprint density at radius 2 is 1.02 bits per heavy atom. The topological polar surface area (TPSA) is 185 Å². The number of nitrogens with one attached hydrogen (secondary N) is 2. The second-order valence-electron chi connectivity index (χ2n) is 21.1. The number of anilines is 6. The summed E-state index contributed by atoms with van der Waals surface area (Å²) in [5.41, 5.74) is 13.0. The Labute approximate surface area is 473 Å². The van der Waals surface area contributed by atoms with Gasteiger partial charge in [-0.15, -0.1) is 0 Å². The molecule has 0 aliphatic carbocycles. The van der Waals surface area contributed by atoms with Crippen LogP contribution < -0.4 is 30.2 Å². The van der Waals surface area contributed by atoms with Crippen LogP contribution in [0.5, 0.6) is 0 Å². The molecule has 16 nitrogen and oxygen atoms in total. The molecule has 4 aliphatic rings. The van der Waals surface area contributed by atoms with E-state index in [1.54, 1.807) is 36.9 Å². The number of para-hydroxylation sites is 2. The maximum Gasteiger partial charge on any atom is 0.256 e. The molecule has 11 rings (SSSR count). The van der Waals surface area contributed by atoms with E-state index in [-0.39, 0.29) is 48.1 Å². The van der Waals surface area contributed by atoms with Gasteiger partial charge in [0.1, 0.15) is 17.9 Å². The first-order valence-corrected chi connectivity index (χ1v) is 27.8. The van der Waals surface area contributed by atoms with Crippen molar-refractivity contribution in [1.82, 2.24) is 15.0 Å². The zero-order valence-electron chi connectivity index (χ0n) is 46.8. The molecule has 2 atom stereocenters. The van der Waals surface area contributed by atoms with Crippen LogP contribution in [0.3, 0.4) is 0 Å². The molecule has 4 amide bonds. The summed E-state index contributed by atoms with van der Waals surface area (Å²) in [5, 5.41) is 30.2. The van der Waals surface area contributed by atoms with Crippen molar-refractivity contribution in [3.8, 4) is 12.1 Å². The monoisotopic (exact) mass is 1080 g/mol. The summed E-state index contributed by atoms with van der Waals surface area (Å²) < 4.78 is 5.20. The minimum atomic E-state index is -0.105. The van der Waals surface area contributed by atoms with Crippen LogP contribution in [0.4, 0.5) is 34.1 Å². The number of aromatic nitrogens is 1. The second kappa shape index (κ2) is 24.1. The molecule has 5 heterocycles. The van der Waals surface area contributed by atoms with E-state index in [1.807, 2.05) is 130 Å². The number of hydrogen-bond donors (Lipinski definition) is 2. The van der Waals surface area contributed by atoms with Crippen LogP contribution in [-0.2, 0) is 16.0 Å². The summed E-state index contributed by atoms with van der Waals surface area (Å²) in [6.45, 7) is 13.7. The Morgan fingerprint density at radius 3 is 1.44 bits per heavy atom. The summed E-state index contributed by atoms with van der Waals surface area (Å²) in [6.07, 6.45) is 1.78. The predicted molar refractivity (Wildman–Crippen MR) is 316 cm³/mol. The van der Waals surface area contributed by atoms with E-state index in [9.17, 15) is 29.7 Å². The number of rotatable bonds is 11. The molecule has 412 valence electrons. The lowest BCUT2D eigenvalue weighted by molar-refractivity contribution is -0.122. The van der Waals surface area contributed by atoms with Crippen molar-refractivity contribution in [3.05, 3.63) is 195 Å². The van der Waals surface area contributed by atoms with Crippen LogP contribution in [-0.4, -0.2) is 105 Å². The zero-order valence-corrected chi connectivity index (χ0v) is 46.8. The van der Waals surface area contributed by atoms with Crippen LogP contribution in [0.25, 0.3) is 0 Å². The predicted octanol–water partition coefficient (Wildman–Crippen LogP) is 10.3. The van der Waals surface area contributed by atoms with Crippen LogP contribution >= 0.6 is 0 Å². The summed E-state index contributed by atoms with van der Waals surface area (Å²) in [7, 11) is 3.51. The molecular weight excluding hydrogens is 1010 g/mol. The van der Waals surface area contributed by atoms with Gasteiger partial charge in [0.05, 0.1) is 46.7 Å². The van der Waals surface area contributed by atoms with Crippen molar-refractivity contribution >= 4 is 57.8 Å². The third-order valence-electron chi connectivity index (χ3n) is 16.6. The highest BCUT2D eigenvalue weighted by atomic mass is 16.5. The van der Waals surface area contributed by atoms with Crippen molar-refractivity contribution in [2.45, 2.75) is 59.0 Å². The van der Waals surface area contributed by atoms with Gasteiger partial charge in [-0.3, -0.25) is 29.0 Å². The van der Waals surface area contributed by atoms with E-state index in [0.717, 1.165) is 121 Å². The Balaban J connectivity index is 0.000000182. The fourth-order valence-corrected chi connectivity index (χ4v) is 11.9. The number of fused-ring (bicyclic) bond motifs is 4. The van der Waals surface area contributed by atoms with E-state index in [0.29, 0.717) is 39.4 Å². The van der Waals surface area contributed by atoms with Crippen molar-refractivity contribution in [3.63, 3.8) is 0 Å². The van der Waals surface area contributed by atoms with Gasteiger partial charge in [0, 0.05) is 112 Å². The molecule has 0 saturated carbocycles. The molecule has 0 spiro atoms. The van der Waals surface area contributed by atoms with Gasteiger partial charge in [0.25, 0.3) is 11.8 Å². The van der Waals surface area contributed by atoms with E-state index < -0.39 is 0 Å². The van der Waals surface area contributed by atoms with Gasteiger partial charge in [-0.25, -0.2) is 0 Å². The highest BCUT2D eigenvalue weighted by Gasteiger charge is 2.36. The van der Waals surface area contributed by atoms with Crippen LogP contribution in [0, 0.1) is 42.4 Å². The summed E-state index contributed by atoms with van der Waals surface area (Å²) in [6, 6.07) is 47.7. The molecule has 2 saturated heterocycles. The van der Waals surface area contributed by atoms with Gasteiger partial charge in [0.15, 0.2) is 0 Å². The van der Waals surface area contributed by atoms with E-state index in [4.69, 9.17) is 4.52 Å². The number of carbonyl (C=O) groups excluding carboxylic acids is 4. The zero-order chi connectivity index (χ0) is 56.9. The summed E-state index contributed by atoms with van der Waals surface area (Å²) >= 11 is 0. The number of amides is 4. The highest BCUT2D eigenvalue weighted by molar-refractivity contribution is 6.08. The maximum atomic E-state index is 13.0. The number of likely N-dealkylation sites (N-methyl/N-ethyl adjacent to an activating group) is 1. The molecule has 16 heteroatoms. The number of nitriles is 2. The molecule has 0 radical (unpaired) electrons. The van der Waals surface area contributed by atoms with Crippen molar-refractivity contribution in [2.75, 3.05) is 96.7 Å². The summed E-state index contributed by atoms with van der Waals surface area (Å²) in [4.78, 5) is 64.5.